The number of carbonyl (C=O) groups is 2. The number of fused-ring (bicyclic) bond motifs is 1. The van der Waals surface area contributed by atoms with E-state index in [1.807, 2.05) is 0 Å². The number of aliphatic hydroxyl groups is 1. The summed E-state index contributed by atoms with van der Waals surface area (Å²) in [5.41, 5.74) is 1.32. The molecule has 0 saturated heterocycles. The van der Waals surface area contributed by atoms with Crippen LogP contribution in [0.25, 0.3) is 0 Å². The third-order valence-corrected chi connectivity index (χ3v) is 4.53. The van der Waals surface area contributed by atoms with Crippen molar-refractivity contribution in [2.75, 3.05) is 11.9 Å². The fourth-order valence-electron chi connectivity index (χ4n) is 3.08. The van der Waals surface area contributed by atoms with E-state index in [2.05, 4.69) is 10.6 Å². The molecule has 26 heavy (non-hydrogen) atoms. The van der Waals surface area contributed by atoms with Crippen LogP contribution in [-0.2, 0) is 11.2 Å². The molecule has 2 amide bonds. The van der Waals surface area contributed by atoms with Gasteiger partial charge in [0.25, 0.3) is 5.91 Å². The number of hydrogen-bond acceptors (Lipinski definition) is 3. The van der Waals surface area contributed by atoms with Gasteiger partial charge in [-0.25, -0.2) is 8.78 Å². The molecule has 0 heterocycles. The fourth-order valence-corrected chi connectivity index (χ4v) is 3.27. The van der Waals surface area contributed by atoms with Crippen molar-refractivity contribution < 1.29 is 23.5 Å². The lowest BCUT2D eigenvalue weighted by Gasteiger charge is -2.15. The molecule has 5 nitrogen and oxygen atoms in total. The molecule has 1 aliphatic rings. The van der Waals surface area contributed by atoms with E-state index in [-0.39, 0.29) is 16.1 Å². The molecule has 0 radical (unpaired) electrons. The molecule has 3 N–H and O–H groups in total. The second-order valence-corrected chi connectivity index (χ2v) is 6.29. The monoisotopic (exact) mass is 380 g/mol. The van der Waals surface area contributed by atoms with Crippen LogP contribution >= 0.6 is 11.6 Å². The van der Waals surface area contributed by atoms with Crippen molar-refractivity contribution in [1.82, 2.24) is 5.32 Å². The number of carbonyl (C=O) groups excluding carboxylic acids is 2. The Morgan fingerprint density at radius 1 is 1.19 bits per heavy atom. The van der Waals surface area contributed by atoms with Crippen molar-refractivity contribution in [1.29, 1.82) is 0 Å². The van der Waals surface area contributed by atoms with Crippen molar-refractivity contribution in [3.05, 3.63) is 63.7 Å². The van der Waals surface area contributed by atoms with E-state index in [0.717, 1.165) is 12.1 Å². The molecule has 1 aliphatic carbocycles. The number of amides is 2. The largest absolute Gasteiger partial charge is 0.387 e. The average Bonchev–Trinajstić information content (AvgIpc) is 3.02. The molecule has 1 atom stereocenters. The summed E-state index contributed by atoms with van der Waals surface area (Å²) in [6.45, 7) is -0.695. The van der Waals surface area contributed by atoms with Crippen LogP contribution in [0.4, 0.5) is 14.5 Å². The summed E-state index contributed by atoms with van der Waals surface area (Å²) in [5, 5.41) is 13.9. The average molecular weight is 381 g/mol. The third kappa shape index (κ3) is 3.54. The molecule has 0 spiro atoms. The highest BCUT2D eigenvalue weighted by atomic mass is 35.5. The van der Waals surface area contributed by atoms with Gasteiger partial charge in [0, 0.05) is 16.8 Å². The number of halogens is 3. The maximum atomic E-state index is 14.3. The van der Waals surface area contributed by atoms with Gasteiger partial charge in [0.1, 0.15) is 18.2 Å². The van der Waals surface area contributed by atoms with Gasteiger partial charge in [-0.2, -0.15) is 0 Å². The van der Waals surface area contributed by atoms with Gasteiger partial charge < -0.3 is 15.7 Å². The van der Waals surface area contributed by atoms with Crippen molar-refractivity contribution in [3.8, 4) is 0 Å². The summed E-state index contributed by atoms with van der Waals surface area (Å²) in [7, 11) is 0. The van der Waals surface area contributed by atoms with E-state index in [0.29, 0.717) is 24.1 Å². The maximum absolute atomic E-state index is 14.3. The second-order valence-electron chi connectivity index (χ2n) is 5.89. The van der Waals surface area contributed by atoms with Crippen LogP contribution in [0.1, 0.15) is 33.9 Å². The predicted molar refractivity (Wildman–Crippen MR) is 92.1 cm³/mol. The normalized spacial score (nSPS) is 15.5. The van der Waals surface area contributed by atoms with Crippen molar-refractivity contribution in [3.63, 3.8) is 0 Å². The van der Waals surface area contributed by atoms with Crippen LogP contribution in [0.5, 0.6) is 0 Å². The third-order valence-electron chi connectivity index (χ3n) is 4.24. The van der Waals surface area contributed by atoms with Crippen molar-refractivity contribution >= 4 is 29.1 Å². The molecule has 0 fully saturated rings. The molecule has 1 unspecified atom stereocenters. The van der Waals surface area contributed by atoms with Crippen molar-refractivity contribution in [2.24, 2.45) is 0 Å². The maximum Gasteiger partial charge on any atom is 0.255 e. The topological polar surface area (TPSA) is 78.4 Å². The van der Waals surface area contributed by atoms with E-state index in [1.165, 1.54) is 18.2 Å². The number of aliphatic hydroxyl groups excluding tert-OH is 1. The SMILES string of the molecule is O=C(CO)NC1CCc2c(C(=O)Nc3ccc(F)c(Cl)c3)ccc(F)c21. The fraction of sp³-hybridized carbons (Fsp3) is 0.222. The van der Waals surface area contributed by atoms with E-state index < -0.39 is 36.1 Å². The zero-order valence-electron chi connectivity index (χ0n) is 13.5. The molecule has 0 aromatic heterocycles. The molecular formula is C18H15ClF2N2O3. The Kier molecular flexibility index (Phi) is 5.20. The predicted octanol–water partition coefficient (Wildman–Crippen LogP) is 2.97. The van der Waals surface area contributed by atoms with Crippen LogP contribution in [0, 0.1) is 11.6 Å². The summed E-state index contributed by atoms with van der Waals surface area (Å²) in [6.07, 6.45) is 0.820. The number of hydrogen-bond donors (Lipinski definition) is 3. The Labute approximate surface area is 153 Å². The van der Waals surface area contributed by atoms with Gasteiger partial charge in [0.2, 0.25) is 5.91 Å². The number of nitrogens with one attached hydrogen (secondary N) is 2. The first kappa shape index (κ1) is 18.3. The number of rotatable bonds is 4. The van der Waals surface area contributed by atoms with E-state index >= 15 is 0 Å². The summed E-state index contributed by atoms with van der Waals surface area (Å²) < 4.78 is 27.5. The highest BCUT2D eigenvalue weighted by Crippen LogP contribution is 2.35. The van der Waals surface area contributed by atoms with Gasteiger partial charge >= 0.3 is 0 Å². The Bertz CT molecular complexity index is 889. The quantitative estimate of drug-likeness (QED) is 0.763. The van der Waals surface area contributed by atoms with E-state index in [1.54, 1.807) is 0 Å². The molecule has 0 bridgehead atoms. The van der Waals surface area contributed by atoms with Crippen LogP contribution in [0.2, 0.25) is 5.02 Å². The summed E-state index contributed by atoms with van der Waals surface area (Å²) in [5.74, 6) is -2.23. The minimum absolute atomic E-state index is 0.126. The van der Waals surface area contributed by atoms with Gasteiger partial charge in [0.05, 0.1) is 11.1 Å². The lowest BCUT2D eigenvalue weighted by atomic mass is 10.0. The van der Waals surface area contributed by atoms with Gasteiger partial charge in [0.15, 0.2) is 0 Å². The Morgan fingerprint density at radius 2 is 1.92 bits per heavy atom. The first-order valence-corrected chi connectivity index (χ1v) is 8.26. The molecule has 0 saturated carbocycles. The highest BCUT2D eigenvalue weighted by molar-refractivity contribution is 6.31. The zero-order chi connectivity index (χ0) is 18.8. The highest BCUT2D eigenvalue weighted by Gasteiger charge is 2.30. The molecule has 2 aromatic carbocycles. The zero-order valence-corrected chi connectivity index (χ0v) is 14.2. The van der Waals surface area contributed by atoms with Gasteiger partial charge in [-0.15, -0.1) is 0 Å². The Hall–Kier alpha value is -2.51. The minimum Gasteiger partial charge on any atom is -0.387 e. The smallest absolute Gasteiger partial charge is 0.255 e. The Balaban J connectivity index is 1.88. The molecule has 8 heteroatoms. The first-order valence-electron chi connectivity index (χ1n) is 7.88. The standard InChI is InChI=1S/C18H15ClF2N2O3/c19-12-7-9(1-4-13(12)20)22-18(26)11-2-5-14(21)17-10(11)3-6-15(17)23-16(25)8-24/h1-2,4-5,7,15,24H,3,6,8H2,(H,22,26)(H,23,25). The molecule has 2 aromatic rings. The van der Waals surface area contributed by atoms with E-state index in [4.69, 9.17) is 16.7 Å². The summed E-state index contributed by atoms with van der Waals surface area (Å²) >= 11 is 5.70. The molecule has 0 aliphatic heterocycles. The molecule has 3 rings (SSSR count). The number of benzene rings is 2. The Morgan fingerprint density at radius 3 is 2.62 bits per heavy atom. The summed E-state index contributed by atoms with van der Waals surface area (Å²) in [6, 6.07) is 5.71. The van der Waals surface area contributed by atoms with Crippen LogP contribution < -0.4 is 10.6 Å². The van der Waals surface area contributed by atoms with E-state index in [9.17, 15) is 18.4 Å². The van der Waals surface area contributed by atoms with Gasteiger partial charge in [-0.05, 0) is 48.7 Å². The summed E-state index contributed by atoms with van der Waals surface area (Å²) in [4.78, 5) is 24.0. The lowest BCUT2D eigenvalue weighted by Crippen LogP contribution is -2.30. The second kappa shape index (κ2) is 7.39. The van der Waals surface area contributed by atoms with Crippen molar-refractivity contribution in [2.45, 2.75) is 18.9 Å². The van der Waals surface area contributed by atoms with Crippen LogP contribution in [-0.4, -0.2) is 23.5 Å². The number of anilines is 1. The molecule has 136 valence electrons. The lowest BCUT2D eigenvalue weighted by molar-refractivity contribution is -0.124. The first-order chi connectivity index (χ1) is 12.4. The van der Waals surface area contributed by atoms with Crippen LogP contribution in [0.3, 0.4) is 0 Å². The van der Waals surface area contributed by atoms with Gasteiger partial charge in [-0.3, -0.25) is 9.59 Å². The van der Waals surface area contributed by atoms with Crippen LogP contribution in [0.15, 0.2) is 30.3 Å². The van der Waals surface area contributed by atoms with Gasteiger partial charge in [-0.1, -0.05) is 11.6 Å². The minimum atomic E-state index is -0.695. The molecular weight excluding hydrogens is 366 g/mol.